The second-order valence-corrected chi connectivity index (χ2v) is 5.88. The van der Waals surface area contributed by atoms with E-state index in [9.17, 15) is 4.79 Å². The van der Waals surface area contributed by atoms with Gasteiger partial charge in [-0.2, -0.15) is 5.10 Å². The lowest BCUT2D eigenvalue weighted by atomic mass is 10.2. The molecule has 1 heterocycles. The van der Waals surface area contributed by atoms with Gasteiger partial charge in [0.25, 0.3) is 0 Å². The molecule has 0 fully saturated rings. The molecule has 0 aliphatic heterocycles. The van der Waals surface area contributed by atoms with E-state index in [1.54, 1.807) is 42.6 Å². The van der Waals surface area contributed by atoms with Crippen LogP contribution in [0.2, 0.25) is 0 Å². The molecule has 0 spiro atoms. The Bertz CT molecular complexity index is 907. The number of hydrogen-bond acceptors (Lipinski definition) is 5. The highest BCUT2D eigenvalue weighted by Crippen LogP contribution is 2.13. The first-order valence-corrected chi connectivity index (χ1v) is 8.58. The topological polar surface area (TPSA) is 75.9 Å². The van der Waals surface area contributed by atoms with Crippen LogP contribution < -0.4 is 15.5 Å². The average Bonchev–Trinajstić information content (AvgIpc) is 3.24. The van der Waals surface area contributed by atoms with Crippen LogP contribution in [0.5, 0.6) is 5.75 Å². The zero-order valence-corrected chi connectivity index (χ0v) is 15.1. The minimum atomic E-state index is -0.544. The van der Waals surface area contributed by atoms with Crippen molar-refractivity contribution < 1.29 is 13.9 Å². The van der Waals surface area contributed by atoms with Gasteiger partial charge in [-0.1, -0.05) is 30.3 Å². The summed E-state index contributed by atoms with van der Waals surface area (Å²) in [5.74, 6) is 0.0286. The minimum Gasteiger partial charge on any atom is -0.457 e. The quantitative estimate of drug-likeness (QED) is 0.224. The summed E-state index contributed by atoms with van der Waals surface area (Å²) in [4.78, 5) is 11.8. The first-order valence-electron chi connectivity index (χ1n) is 8.17. The Labute approximate surface area is 161 Å². The molecule has 0 saturated heterocycles. The lowest BCUT2D eigenvalue weighted by molar-refractivity contribution is 0.0701. The summed E-state index contributed by atoms with van der Waals surface area (Å²) in [6, 6.07) is 20.0. The number of esters is 1. The molecule has 0 unspecified atom stereocenters. The Balaban J connectivity index is 1.45. The van der Waals surface area contributed by atoms with Crippen molar-refractivity contribution in [3.8, 4) is 5.75 Å². The Morgan fingerprint density at radius 3 is 2.56 bits per heavy atom. The van der Waals surface area contributed by atoms with Crippen LogP contribution in [0, 0.1) is 0 Å². The van der Waals surface area contributed by atoms with Crippen LogP contribution >= 0.6 is 12.2 Å². The summed E-state index contributed by atoms with van der Waals surface area (Å²) in [6.45, 7) is 0.623. The van der Waals surface area contributed by atoms with E-state index in [4.69, 9.17) is 21.4 Å². The van der Waals surface area contributed by atoms with E-state index in [1.165, 1.54) is 6.26 Å². The summed E-state index contributed by atoms with van der Waals surface area (Å²) in [6.07, 6.45) is 3.04. The Morgan fingerprint density at radius 1 is 1.07 bits per heavy atom. The number of nitrogens with one attached hydrogen (secondary N) is 2. The molecule has 6 nitrogen and oxygen atoms in total. The smallest absolute Gasteiger partial charge is 0.379 e. The normalized spacial score (nSPS) is 10.5. The van der Waals surface area contributed by atoms with Crippen LogP contribution in [0.25, 0.3) is 0 Å². The third-order valence-electron chi connectivity index (χ3n) is 3.49. The molecule has 136 valence electrons. The van der Waals surface area contributed by atoms with Gasteiger partial charge in [0.15, 0.2) is 5.11 Å². The lowest BCUT2D eigenvalue weighted by Crippen LogP contribution is -2.31. The van der Waals surface area contributed by atoms with Gasteiger partial charge in [0, 0.05) is 6.54 Å². The Hall–Kier alpha value is -3.45. The molecule has 0 aliphatic rings. The van der Waals surface area contributed by atoms with Crippen LogP contribution in [0.4, 0.5) is 0 Å². The molecule has 3 aromatic rings. The zero-order valence-electron chi connectivity index (χ0n) is 14.3. The molecule has 0 atom stereocenters. The van der Waals surface area contributed by atoms with Crippen molar-refractivity contribution >= 4 is 29.5 Å². The fourth-order valence-electron chi connectivity index (χ4n) is 2.16. The molecule has 0 bridgehead atoms. The van der Waals surface area contributed by atoms with E-state index in [0.717, 1.165) is 11.1 Å². The molecule has 0 amide bonds. The highest BCUT2D eigenvalue weighted by molar-refractivity contribution is 7.80. The second kappa shape index (κ2) is 9.30. The highest BCUT2D eigenvalue weighted by atomic mass is 32.1. The lowest BCUT2D eigenvalue weighted by Gasteiger charge is -2.06. The Morgan fingerprint density at radius 2 is 1.85 bits per heavy atom. The van der Waals surface area contributed by atoms with Gasteiger partial charge in [0.1, 0.15) is 5.75 Å². The number of carbonyl (C=O) groups excluding carboxylic acids is 1. The van der Waals surface area contributed by atoms with Crippen LogP contribution in [-0.2, 0) is 6.54 Å². The van der Waals surface area contributed by atoms with Crippen molar-refractivity contribution in [3.63, 3.8) is 0 Å². The average molecular weight is 379 g/mol. The van der Waals surface area contributed by atoms with Gasteiger partial charge < -0.3 is 14.5 Å². The SMILES string of the molecule is O=C(Oc1ccc(/C=N/NC(=S)NCc2ccccc2)cc1)c1ccco1. The molecule has 0 aliphatic carbocycles. The van der Waals surface area contributed by atoms with Crippen LogP contribution in [0.1, 0.15) is 21.7 Å². The third-order valence-corrected chi connectivity index (χ3v) is 3.72. The summed E-state index contributed by atoms with van der Waals surface area (Å²) in [5.41, 5.74) is 4.71. The maximum atomic E-state index is 11.8. The molecular weight excluding hydrogens is 362 g/mol. The van der Waals surface area contributed by atoms with Gasteiger partial charge in [-0.15, -0.1) is 0 Å². The van der Waals surface area contributed by atoms with Gasteiger partial charge in [0.05, 0.1) is 12.5 Å². The van der Waals surface area contributed by atoms with Gasteiger partial charge in [-0.05, 0) is 59.7 Å². The number of rotatable bonds is 6. The van der Waals surface area contributed by atoms with Crippen molar-refractivity contribution in [2.24, 2.45) is 5.10 Å². The monoisotopic (exact) mass is 379 g/mol. The van der Waals surface area contributed by atoms with Crippen LogP contribution in [0.3, 0.4) is 0 Å². The predicted octanol–water partition coefficient (Wildman–Crippen LogP) is 3.50. The van der Waals surface area contributed by atoms with E-state index in [0.29, 0.717) is 17.4 Å². The molecule has 0 saturated carbocycles. The molecule has 3 rings (SSSR count). The zero-order chi connectivity index (χ0) is 18.9. The maximum Gasteiger partial charge on any atom is 0.379 e. The van der Waals surface area contributed by atoms with Gasteiger partial charge >= 0.3 is 5.97 Å². The number of carbonyl (C=O) groups is 1. The maximum absolute atomic E-state index is 11.8. The number of thiocarbonyl (C=S) groups is 1. The second-order valence-electron chi connectivity index (χ2n) is 5.47. The number of ether oxygens (including phenoxy) is 1. The summed E-state index contributed by atoms with van der Waals surface area (Å²) in [5, 5.41) is 7.58. The summed E-state index contributed by atoms with van der Waals surface area (Å²) in [7, 11) is 0. The number of nitrogens with zero attached hydrogens (tertiary/aromatic N) is 1. The van der Waals surface area contributed by atoms with Crippen molar-refractivity contribution in [1.29, 1.82) is 0 Å². The van der Waals surface area contributed by atoms with E-state index in [-0.39, 0.29) is 5.76 Å². The molecule has 0 radical (unpaired) electrons. The molecule has 7 heteroatoms. The standard InChI is InChI=1S/C20H17N3O3S/c24-19(18-7-4-12-25-18)26-17-10-8-16(9-11-17)14-22-23-20(27)21-13-15-5-2-1-3-6-15/h1-12,14H,13H2,(H2,21,23,27)/b22-14+. The first kappa shape index (κ1) is 18.3. The van der Waals surface area contributed by atoms with E-state index >= 15 is 0 Å². The van der Waals surface area contributed by atoms with Crippen molar-refractivity contribution in [3.05, 3.63) is 89.9 Å². The largest absolute Gasteiger partial charge is 0.457 e. The van der Waals surface area contributed by atoms with Crippen LogP contribution in [0.15, 0.2) is 82.5 Å². The number of furan rings is 1. The fourth-order valence-corrected chi connectivity index (χ4v) is 2.28. The molecule has 1 aromatic heterocycles. The predicted molar refractivity (Wildman–Crippen MR) is 107 cm³/mol. The van der Waals surface area contributed by atoms with Gasteiger partial charge in [-0.25, -0.2) is 4.79 Å². The number of hydrazone groups is 1. The van der Waals surface area contributed by atoms with Gasteiger partial charge in [-0.3, -0.25) is 5.43 Å². The first-order chi connectivity index (χ1) is 13.2. The summed E-state index contributed by atoms with van der Waals surface area (Å²) < 4.78 is 10.2. The van der Waals surface area contributed by atoms with Gasteiger partial charge in [0.2, 0.25) is 5.76 Å². The number of hydrogen-bond donors (Lipinski definition) is 2. The highest BCUT2D eigenvalue weighted by Gasteiger charge is 2.10. The Kier molecular flexibility index (Phi) is 6.32. The van der Waals surface area contributed by atoms with Crippen LogP contribution in [-0.4, -0.2) is 17.3 Å². The minimum absolute atomic E-state index is 0.154. The summed E-state index contributed by atoms with van der Waals surface area (Å²) >= 11 is 5.17. The van der Waals surface area contributed by atoms with E-state index in [1.807, 2.05) is 30.3 Å². The molecule has 2 aromatic carbocycles. The van der Waals surface area contributed by atoms with Crippen molar-refractivity contribution in [2.75, 3.05) is 0 Å². The molecular formula is C20H17N3O3S. The molecule has 2 N–H and O–H groups in total. The van der Waals surface area contributed by atoms with E-state index < -0.39 is 5.97 Å². The number of benzene rings is 2. The molecule has 27 heavy (non-hydrogen) atoms. The van der Waals surface area contributed by atoms with Crippen molar-refractivity contribution in [1.82, 2.24) is 10.7 Å². The van der Waals surface area contributed by atoms with Crippen molar-refractivity contribution in [2.45, 2.75) is 6.54 Å². The van der Waals surface area contributed by atoms with E-state index in [2.05, 4.69) is 15.8 Å². The fraction of sp³-hybridized carbons (Fsp3) is 0.0500. The third kappa shape index (κ3) is 5.79.